The van der Waals surface area contributed by atoms with Crippen molar-refractivity contribution < 1.29 is 9.84 Å². The topological polar surface area (TPSA) is 41.5 Å². The molecule has 1 aliphatic carbocycles. The number of hydrogen-bond donors (Lipinski definition) is 2. The smallest absolute Gasteiger partial charge is 0.118 e. The Morgan fingerprint density at radius 3 is 2.74 bits per heavy atom. The number of nitrogens with one attached hydrogen (secondary N) is 1. The lowest BCUT2D eigenvalue weighted by Gasteiger charge is -2.13. The highest BCUT2D eigenvalue weighted by Gasteiger charge is 2.08. The van der Waals surface area contributed by atoms with Crippen molar-refractivity contribution in [1.29, 1.82) is 0 Å². The molecule has 1 atom stereocenters. The molecule has 0 saturated heterocycles. The first-order chi connectivity index (χ1) is 9.29. The number of allylic oxidation sites excluding steroid dienone is 1. The maximum absolute atomic E-state index is 10.1. The quantitative estimate of drug-likeness (QED) is 0.586. The van der Waals surface area contributed by atoms with E-state index in [1.54, 1.807) is 12.7 Å². The monoisotopic (exact) mass is 261 g/mol. The summed E-state index contributed by atoms with van der Waals surface area (Å²) in [4.78, 5) is 0. The van der Waals surface area contributed by atoms with Crippen molar-refractivity contribution in [2.45, 2.75) is 31.8 Å². The third-order valence-electron chi connectivity index (χ3n) is 3.60. The molecule has 1 unspecified atom stereocenters. The van der Waals surface area contributed by atoms with E-state index >= 15 is 0 Å². The Bertz CT molecular complexity index is 411. The van der Waals surface area contributed by atoms with Gasteiger partial charge in [-0.3, -0.25) is 0 Å². The predicted molar refractivity (Wildman–Crippen MR) is 77.4 cm³/mol. The van der Waals surface area contributed by atoms with E-state index in [2.05, 4.69) is 11.4 Å². The fourth-order valence-electron chi connectivity index (χ4n) is 2.40. The minimum Gasteiger partial charge on any atom is -0.497 e. The molecule has 1 aromatic rings. The van der Waals surface area contributed by atoms with Crippen LogP contribution in [0.3, 0.4) is 0 Å². The van der Waals surface area contributed by atoms with Crippen LogP contribution in [0.15, 0.2) is 35.9 Å². The summed E-state index contributed by atoms with van der Waals surface area (Å²) in [5.41, 5.74) is 2.49. The van der Waals surface area contributed by atoms with Crippen molar-refractivity contribution >= 4 is 0 Å². The van der Waals surface area contributed by atoms with E-state index < -0.39 is 6.10 Å². The Morgan fingerprint density at radius 2 is 2.11 bits per heavy atom. The summed E-state index contributed by atoms with van der Waals surface area (Å²) in [5.74, 6) is 0.817. The molecule has 0 amide bonds. The minimum absolute atomic E-state index is 0.455. The lowest BCUT2D eigenvalue weighted by atomic mass is 10.1. The van der Waals surface area contributed by atoms with Crippen molar-refractivity contribution in [1.82, 2.24) is 5.32 Å². The summed E-state index contributed by atoms with van der Waals surface area (Å²) >= 11 is 0. The van der Waals surface area contributed by atoms with Gasteiger partial charge in [-0.1, -0.05) is 23.8 Å². The van der Waals surface area contributed by atoms with Gasteiger partial charge in [0.05, 0.1) is 13.2 Å². The Kier molecular flexibility index (Phi) is 5.43. The molecule has 19 heavy (non-hydrogen) atoms. The second-order valence-electron chi connectivity index (χ2n) is 5.00. The largest absolute Gasteiger partial charge is 0.497 e. The number of ether oxygens (including phenoxy) is 1. The molecule has 0 spiro atoms. The summed E-state index contributed by atoms with van der Waals surface area (Å²) < 4.78 is 5.10. The summed E-state index contributed by atoms with van der Waals surface area (Å²) in [6.45, 7) is 1.54. The van der Waals surface area contributed by atoms with Crippen LogP contribution in [0.1, 0.15) is 37.4 Å². The van der Waals surface area contributed by atoms with Gasteiger partial charge in [0.25, 0.3) is 0 Å². The molecule has 2 N–H and O–H groups in total. The number of benzene rings is 1. The molecule has 0 heterocycles. The van der Waals surface area contributed by atoms with Gasteiger partial charge in [-0.25, -0.2) is 0 Å². The highest BCUT2D eigenvalue weighted by atomic mass is 16.5. The average Bonchev–Trinajstić information content (AvgIpc) is 2.96. The van der Waals surface area contributed by atoms with E-state index in [-0.39, 0.29) is 0 Å². The minimum atomic E-state index is -0.455. The first-order valence-electron chi connectivity index (χ1n) is 7.00. The van der Waals surface area contributed by atoms with Gasteiger partial charge in [-0.2, -0.15) is 0 Å². The van der Waals surface area contributed by atoms with Crippen LogP contribution in [0.2, 0.25) is 0 Å². The number of hydrogen-bond acceptors (Lipinski definition) is 3. The zero-order valence-electron chi connectivity index (χ0n) is 11.6. The molecule has 1 aliphatic rings. The molecule has 104 valence electrons. The van der Waals surface area contributed by atoms with Gasteiger partial charge in [0, 0.05) is 6.54 Å². The molecular weight excluding hydrogens is 238 g/mol. The van der Waals surface area contributed by atoms with Crippen molar-refractivity contribution in [3.05, 3.63) is 41.5 Å². The SMILES string of the molecule is COc1ccc(C(O)CNCCC2=CCCC2)cc1. The molecule has 0 aliphatic heterocycles. The van der Waals surface area contributed by atoms with Crippen LogP contribution in [-0.2, 0) is 0 Å². The van der Waals surface area contributed by atoms with E-state index in [4.69, 9.17) is 4.74 Å². The summed E-state index contributed by atoms with van der Waals surface area (Å²) in [6, 6.07) is 7.57. The zero-order valence-corrected chi connectivity index (χ0v) is 11.6. The van der Waals surface area contributed by atoms with Crippen LogP contribution in [0.5, 0.6) is 5.75 Å². The molecular formula is C16H23NO2. The van der Waals surface area contributed by atoms with Gasteiger partial charge in [0.2, 0.25) is 0 Å². The van der Waals surface area contributed by atoms with Crippen LogP contribution in [0, 0.1) is 0 Å². The first kappa shape index (κ1) is 14.1. The van der Waals surface area contributed by atoms with Crippen molar-refractivity contribution in [3.8, 4) is 5.75 Å². The molecule has 0 saturated carbocycles. The lowest BCUT2D eigenvalue weighted by Crippen LogP contribution is -2.22. The van der Waals surface area contributed by atoms with Crippen molar-refractivity contribution in [2.75, 3.05) is 20.2 Å². The summed E-state index contributed by atoms with van der Waals surface area (Å²) in [7, 11) is 1.64. The zero-order chi connectivity index (χ0) is 13.5. The van der Waals surface area contributed by atoms with E-state index in [0.717, 1.165) is 24.3 Å². The number of methoxy groups -OCH3 is 1. The Hall–Kier alpha value is -1.32. The molecule has 2 rings (SSSR count). The highest BCUT2D eigenvalue weighted by molar-refractivity contribution is 5.28. The number of aliphatic hydroxyl groups is 1. The predicted octanol–water partition coefficient (Wildman–Crippen LogP) is 2.82. The van der Waals surface area contributed by atoms with Crippen LogP contribution in [-0.4, -0.2) is 25.3 Å². The highest BCUT2D eigenvalue weighted by Crippen LogP contribution is 2.20. The lowest BCUT2D eigenvalue weighted by molar-refractivity contribution is 0.175. The van der Waals surface area contributed by atoms with Gasteiger partial charge in [0.1, 0.15) is 5.75 Å². The second kappa shape index (κ2) is 7.31. The van der Waals surface area contributed by atoms with Crippen LogP contribution in [0.25, 0.3) is 0 Å². The van der Waals surface area contributed by atoms with E-state index in [1.807, 2.05) is 24.3 Å². The fourth-order valence-corrected chi connectivity index (χ4v) is 2.40. The summed E-state index contributed by atoms with van der Waals surface area (Å²) in [6.07, 6.45) is 6.80. The summed E-state index contributed by atoms with van der Waals surface area (Å²) in [5, 5.41) is 13.4. The average molecular weight is 261 g/mol. The van der Waals surface area contributed by atoms with Gasteiger partial charge in [-0.15, -0.1) is 0 Å². The van der Waals surface area contributed by atoms with Gasteiger partial charge < -0.3 is 15.2 Å². The van der Waals surface area contributed by atoms with E-state index in [9.17, 15) is 5.11 Å². The molecule has 3 nitrogen and oxygen atoms in total. The molecule has 0 radical (unpaired) electrons. The standard InChI is InChI=1S/C16H23NO2/c1-19-15-8-6-14(7-9-15)16(18)12-17-11-10-13-4-2-3-5-13/h4,6-9,16-18H,2-3,5,10-12H2,1H3. The van der Waals surface area contributed by atoms with Gasteiger partial charge in [-0.05, 0) is 49.9 Å². The molecule has 3 heteroatoms. The molecule has 0 fully saturated rings. The van der Waals surface area contributed by atoms with Crippen LogP contribution in [0.4, 0.5) is 0 Å². The second-order valence-corrected chi connectivity index (χ2v) is 5.00. The van der Waals surface area contributed by atoms with Gasteiger partial charge in [0.15, 0.2) is 0 Å². The van der Waals surface area contributed by atoms with Crippen molar-refractivity contribution in [2.24, 2.45) is 0 Å². The third-order valence-corrected chi connectivity index (χ3v) is 3.60. The van der Waals surface area contributed by atoms with Crippen LogP contribution >= 0.6 is 0 Å². The Morgan fingerprint density at radius 1 is 1.32 bits per heavy atom. The normalized spacial score (nSPS) is 16.2. The third kappa shape index (κ3) is 4.37. The van der Waals surface area contributed by atoms with E-state index in [0.29, 0.717) is 6.54 Å². The Balaban J connectivity index is 1.69. The van der Waals surface area contributed by atoms with Gasteiger partial charge >= 0.3 is 0 Å². The van der Waals surface area contributed by atoms with Crippen molar-refractivity contribution in [3.63, 3.8) is 0 Å². The fraction of sp³-hybridized carbons (Fsp3) is 0.500. The maximum atomic E-state index is 10.1. The molecule has 1 aromatic carbocycles. The van der Waals surface area contributed by atoms with Crippen LogP contribution < -0.4 is 10.1 Å². The maximum Gasteiger partial charge on any atom is 0.118 e. The Labute approximate surface area is 115 Å². The number of aliphatic hydroxyl groups excluding tert-OH is 1. The molecule has 0 bridgehead atoms. The molecule has 0 aromatic heterocycles. The van der Waals surface area contributed by atoms with E-state index in [1.165, 1.54) is 19.3 Å². The first-order valence-corrected chi connectivity index (χ1v) is 7.00. The number of rotatable bonds is 7.